The predicted octanol–water partition coefficient (Wildman–Crippen LogP) is 1.31. The lowest BCUT2D eigenvalue weighted by molar-refractivity contribution is -0.122. The zero-order valence-corrected chi connectivity index (χ0v) is 9.34. The molecule has 0 radical (unpaired) electrons. The number of nitrogens with one attached hydrogen (secondary N) is 1. The van der Waals surface area contributed by atoms with Crippen LogP contribution in [0.15, 0.2) is 0 Å². The second kappa shape index (κ2) is 4.30. The lowest BCUT2D eigenvalue weighted by Crippen LogP contribution is -2.33. The number of aliphatic hydroxyl groups is 1. The van der Waals surface area contributed by atoms with Crippen LogP contribution in [-0.2, 0) is 4.79 Å². The van der Waals surface area contributed by atoms with E-state index < -0.39 is 0 Å². The van der Waals surface area contributed by atoms with Gasteiger partial charge in [-0.05, 0) is 24.7 Å². The van der Waals surface area contributed by atoms with Crippen LogP contribution in [0.3, 0.4) is 0 Å². The van der Waals surface area contributed by atoms with E-state index in [9.17, 15) is 9.90 Å². The van der Waals surface area contributed by atoms with Gasteiger partial charge >= 0.3 is 0 Å². The minimum absolute atomic E-state index is 0.0929. The van der Waals surface area contributed by atoms with Gasteiger partial charge in [0.1, 0.15) is 0 Å². The molecule has 1 unspecified atom stereocenters. The van der Waals surface area contributed by atoms with E-state index in [4.69, 9.17) is 0 Å². The normalized spacial score (nSPS) is 19.1. The Hall–Kier alpha value is -0.570. The molecule has 14 heavy (non-hydrogen) atoms. The summed E-state index contributed by atoms with van der Waals surface area (Å²) in [5, 5.41) is 12.6. The molecule has 0 aromatic heterocycles. The van der Waals surface area contributed by atoms with Gasteiger partial charge in [-0.15, -0.1) is 0 Å². The van der Waals surface area contributed by atoms with Crippen LogP contribution in [-0.4, -0.2) is 23.7 Å². The quantitative estimate of drug-likeness (QED) is 0.717. The molecule has 3 nitrogen and oxygen atoms in total. The molecule has 0 aromatic carbocycles. The van der Waals surface area contributed by atoms with Crippen LogP contribution in [0, 0.1) is 11.3 Å². The largest absolute Gasteiger partial charge is 0.393 e. The molecule has 1 atom stereocenters. The van der Waals surface area contributed by atoms with Gasteiger partial charge in [-0.25, -0.2) is 0 Å². The molecule has 0 aromatic rings. The van der Waals surface area contributed by atoms with Crippen molar-refractivity contribution < 1.29 is 9.90 Å². The second-order valence-electron chi connectivity index (χ2n) is 5.24. The molecule has 1 fully saturated rings. The van der Waals surface area contributed by atoms with E-state index in [-0.39, 0.29) is 23.3 Å². The molecule has 3 heteroatoms. The maximum Gasteiger partial charge on any atom is 0.223 e. The van der Waals surface area contributed by atoms with Crippen LogP contribution in [0.4, 0.5) is 0 Å². The molecule has 1 amide bonds. The van der Waals surface area contributed by atoms with Crippen LogP contribution in [0.1, 0.15) is 40.0 Å². The Bertz CT molecular complexity index is 204. The lowest BCUT2D eigenvalue weighted by Gasteiger charge is -2.25. The molecule has 1 saturated carbocycles. The first-order valence-corrected chi connectivity index (χ1v) is 5.37. The van der Waals surface area contributed by atoms with Crippen molar-refractivity contribution in [3.63, 3.8) is 0 Å². The summed E-state index contributed by atoms with van der Waals surface area (Å²) in [7, 11) is 0. The van der Waals surface area contributed by atoms with E-state index in [1.807, 2.05) is 20.8 Å². The number of rotatable bonds is 4. The van der Waals surface area contributed by atoms with Crippen molar-refractivity contribution in [3.8, 4) is 0 Å². The average molecular weight is 199 g/mol. The summed E-state index contributed by atoms with van der Waals surface area (Å²) in [6.07, 6.45) is 2.37. The third-order valence-corrected chi connectivity index (χ3v) is 2.66. The van der Waals surface area contributed by atoms with E-state index in [0.29, 0.717) is 13.0 Å². The smallest absolute Gasteiger partial charge is 0.223 e. The fraction of sp³-hybridized carbons (Fsp3) is 0.909. The summed E-state index contributed by atoms with van der Waals surface area (Å²) in [5.41, 5.74) is -0.0929. The van der Waals surface area contributed by atoms with E-state index in [1.165, 1.54) is 0 Å². The van der Waals surface area contributed by atoms with Crippen molar-refractivity contribution in [1.82, 2.24) is 5.32 Å². The summed E-state index contributed by atoms with van der Waals surface area (Å²) in [4.78, 5) is 11.2. The minimum atomic E-state index is -0.345. The molecule has 0 heterocycles. The summed E-state index contributed by atoms with van der Waals surface area (Å²) in [5.74, 6) is 0.424. The molecule has 1 aliphatic carbocycles. The Kier molecular flexibility index (Phi) is 3.53. The fourth-order valence-corrected chi connectivity index (χ4v) is 1.25. The monoisotopic (exact) mass is 199 g/mol. The van der Waals surface area contributed by atoms with Gasteiger partial charge < -0.3 is 10.4 Å². The van der Waals surface area contributed by atoms with Crippen molar-refractivity contribution >= 4 is 5.91 Å². The summed E-state index contributed by atoms with van der Waals surface area (Å²) in [6.45, 7) is 6.59. The second-order valence-corrected chi connectivity index (χ2v) is 5.24. The van der Waals surface area contributed by atoms with Crippen molar-refractivity contribution in [2.45, 2.75) is 46.1 Å². The fourth-order valence-electron chi connectivity index (χ4n) is 1.25. The molecule has 1 rings (SSSR count). The van der Waals surface area contributed by atoms with Gasteiger partial charge in [0.15, 0.2) is 0 Å². The summed E-state index contributed by atoms with van der Waals surface area (Å²) >= 11 is 0. The molecular formula is C11H21NO2. The maximum atomic E-state index is 11.2. The Morgan fingerprint density at radius 1 is 1.50 bits per heavy atom. The predicted molar refractivity (Wildman–Crippen MR) is 55.8 cm³/mol. The minimum Gasteiger partial charge on any atom is -0.393 e. The average Bonchev–Trinajstić information content (AvgIpc) is 2.84. The standard InChI is InChI=1S/C11H21NO2/c1-11(2,3)9(13)6-7-12-10(14)8-4-5-8/h8-9,13H,4-7H2,1-3H3,(H,12,14). The third-order valence-electron chi connectivity index (χ3n) is 2.66. The van der Waals surface area contributed by atoms with Crippen molar-refractivity contribution in [3.05, 3.63) is 0 Å². The van der Waals surface area contributed by atoms with Gasteiger partial charge in [0.05, 0.1) is 6.10 Å². The number of carbonyl (C=O) groups excluding carboxylic acids is 1. The van der Waals surface area contributed by atoms with Gasteiger partial charge in [0, 0.05) is 12.5 Å². The molecule has 2 N–H and O–H groups in total. The highest BCUT2D eigenvalue weighted by Crippen LogP contribution is 2.28. The number of hydrogen-bond donors (Lipinski definition) is 2. The van der Waals surface area contributed by atoms with Crippen LogP contribution in [0.25, 0.3) is 0 Å². The molecule has 0 saturated heterocycles. The Labute approximate surface area is 85.9 Å². The van der Waals surface area contributed by atoms with Crippen LogP contribution in [0.5, 0.6) is 0 Å². The van der Waals surface area contributed by atoms with Crippen LogP contribution < -0.4 is 5.32 Å². The van der Waals surface area contributed by atoms with E-state index in [1.54, 1.807) is 0 Å². The first-order chi connectivity index (χ1) is 6.41. The molecule has 0 spiro atoms. The summed E-state index contributed by atoms with van der Waals surface area (Å²) < 4.78 is 0. The maximum absolute atomic E-state index is 11.2. The lowest BCUT2D eigenvalue weighted by atomic mass is 9.87. The Morgan fingerprint density at radius 3 is 2.50 bits per heavy atom. The van der Waals surface area contributed by atoms with Gasteiger partial charge in [0.2, 0.25) is 5.91 Å². The molecular weight excluding hydrogens is 178 g/mol. The van der Waals surface area contributed by atoms with Crippen molar-refractivity contribution in [2.75, 3.05) is 6.54 Å². The highest BCUT2D eigenvalue weighted by Gasteiger charge is 2.29. The molecule has 0 aliphatic heterocycles. The van der Waals surface area contributed by atoms with Gasteiger partial charge in [0.25, 0.3) is 0 Å². The topological polar surface area (TPSA) is 49.3 Å². The van der Waals surface area contributed by atoms with E-state index in [2.05, 4.69) is 5.32 Å². The number of hydrogen-bond acceptors (Lipinski definition) is 2. The van der Waals surface area contributed by atoms with Gasteiger partial charge in [-0.1, -0.05) is 20.8 Å². The van der Waals surface area contributed by atoms with Gasteiger partial charge in [-0.3, -0.25) is 4.79 Å². The highest BCUT2D eigenvalue weighted by molar-refractivity contribution is 5.80. The van der Waals surface area contributed by atoms with Crippen molar-refractivity contribution in [1.29, 1.82) is 0 Å². The summed E-state index contributed by atoms with van der Waals surface area (Å²) in [6, 6.07) is 0. The highest BCUT2D eigenvalue weighted by atomic mass is 16.3. The molecule has 82 valence electrons. The number of aliphatic hydroxyl groups excluding tert-OH is 1. The van der Waals surface area contributed by atoms with Crippen LogP contribution >= 0.6 is 0 Å². The molecule has 0 bridgehead atoms. The zero-order chi connectivity index (χ0) is 10.8. The Morgan fingerprint density at radius 2 is 2.07 bits per heavy atom. The van der Waals surface area contributed by atoms with Crippen molar-refractivity contribution in [2.24, 2.45) is 11.3 Å². The van der Waals surface area contributed by atoms with E-state index in [0.717, 1.165) is 12.8 Å². The van der Waals surface area contributed by atoms with Gasteiger partial charge in [-0.2, -0.15) is 0 Å². The van der Waals surface area contributed by atoms with Crippen LogP contribution in [0.2, 0.25) is 0 Å². The first-order valence-electron chi connectivity index (χ1n) is 5.37. The third kappa shape index (κ3) is 3.66. The number of amides is 1. The number of carbonyl (C=O) groups is 1. The first kappa shape index (κ1) is 11.5. The molecule has 1 aliphatic rings. The SMILES string of the molecule is CC(C)(C)C(O)CCNC(=O)C1CC1. The Balaban J connectivity index is 2.11. The van der Waals surface area contributed by atoms with E-state index >= 15 is 0 Å². The zero-order valence-electron chi connectivity index (χ0n) is 9.34.